The molecule has 0 aromatic heterocycles. The van der Waals surface area contributed by atoms with E-state index in [9.17, 15) is 5.11 Å². The molecular formula is C20H27NO. The molecule has 0 aliphatic heterocycles. The van der Waals surface area contributed by atoms with Crippen LogP contribution < -0.4 is 0 Å². The number of phenolic OH excluding ortho intramolecular Hbond substituents is 1. The summed E-state index contributed by atoms with van der Waals surface area (Å²) in [5, 5.41) is 9.61. The molecule has 0 saturated carbocycles. The van der Waals surface area contributed by atoms with E-state index in [1.54, 1.807) is 12.1 Å². The third-order valence-electron chi connectivity index (χ3n) is 3.96. The first-order valence-electron chi connectivity index (χ1n) is 7.85. The maximum Gasteiger partial charge on any atom is 0.117 e. The van der Waals surface area contributed by atoms with Crippen LogP contribution in [0.25, 0.3) is 0 Å². The number of aliphatic imine (C=N–C) groups is 1. The van der Waals surface area contributed by atoms with Crippen molar-refractivity contribution in [1.29, 1.82) is 0 Å². The van der Waals surface area contributed by atoms with Gasteiger partial charge < -0.3 is 5.11 Å². The standard InChI is InChI=1S/C20H27NO/c1-19(2,3)14-10-15(20(4,5)6)12-17(11-14)21-16-8-7-9-18(22)13-16/h7-11,13,22H,12H2,1-6H3. The largest absolute Gasteiger partial charge is 0.508 e. The second-order valence-corrected chi connectivity index (χ2v) is 8.07. The monoisotopic (exact) mass is 297 g/mol. The van der Waals surface area contributed by atoms with Crippen LogP contribution in [-0.4, -0.2) is 10.8 Å². The van der Waals surface area contributed by atoms with E-state index in [0.29, 0.717) is 0 Å². The van der Waals surface area contributed by atoms with Gasteiger partial charge in [-0.2, -0.15) is 0 Å². The first kappa shape index (κ1) is 16.5. The number of hydrogen-bond donors (Lipinski definition) is 1. The van der Waals surface area contributed by atoms with E-state index >= 15 is 0 Å². The molecule has 1 aliphatic rings. The third kappa shape index (κ3) is 4.09. The molecule has 2 heteroatoms. The highest BCUT2D eigenvalue weighted by molar-refractivity contribution is 6.00. The number of aromatic hydroxyl groups is 1. The molecule has 0 bridgehead atoms. The zero-order valence-electron chi connectivity index (χ0n) is 14.6. The molecule has 0 fully saturated rings. The van der Waals surface area contributed by atoms with Crippen LogP contribution >= 0.6 is 0 Å². The molecule has 22 heavy (non-hydrogen) atoms. The van der Waals surface area contributed by atoms with E-state index in [2.05, 4.69) is 53.7 Å². The maximum atomic E-state index is 9.61. The summed E-state index contributed by atoms with van der Waals surface area (Å²) in [5.74, 6) is 0.254. The van der Waals surface area contributed by atoms with Gasteiger partial charge in [0.25, 0.3) is 0 Å². The lowest BCUT2D eigenvalue weighted by atomic mass is 9.75. The van der Waals surface area contributed by atoms with Gasteiger partial charge in [-0.05, 0) is 34.6 Å². The van der Waals surface area contributed by atoms with Crippen LogP contribution in [0.15, 0.2) is 52.6 Å². The quantitative estimate of drug-likeness (QED) is 0.696. The molecule has 2 nitrogen and oxygen atoms in total. The van der Waals surface area contributed by atoms with Gasteiger partial charge in [-0.3, -0.25) is 4.99 Å². The van der Waals surface area contributed by atoms with Crippen molar-refractivity contribution in [2.24, 2.45) is 15.8 Å². The van der Waals surface area contributed by atoms with Gasteiger partial charge in [-0.25, -0.2) is 0 Å². The number of hydrogen-bond acceptors (Lipinski definition) is 2. The predicted molar refractivity (Wildman–Crippen MR) is 94.9 cm³/mol. The third-order valence-corrected chi connectivity index (χ3v) is 3.96. The minimum atomic E-state index is 0.0938. The molecular weight excluding hydrogens is 270 g/mol. The van der Waals surface area contributed by atoms with Crippen molar-refractivity contribution in [2.75, 3.05) is 0 Å². The van der Waals surface area contributed by atoms with Crippen LogP contribution in [0.5, 0.6) is 5.75 Å². The van der Waals surface area contributed by atoms with E-state index in [4.69, 9.17) is 4.99 Å². The van der Waals surface area contributed by atoms with E-state index in [0.717, 1.165) is 17.8 Å². The van der Waals surface area contributed by atoms with Gasteiger partial charge in [-0.1, -0.05) is 59.3 Å². The van der Waals surface area contributed by atoms with Crippen molar-refractivity contribution in [3.63, 3.8) is 0 Å². The van der Waals surface area contributed by atoms with Gasteiger partial charge in [0, 0.05) is 18.2 Å². The van der Waals surface area contributed by atoms with E-state index in [1.807, 2.05) is 12.1 Å². The van der Waals surface area contributed by atoms with Crippen LogP contribution in [-0.2, 0) is 0 Å². The maximum absolute atomic E-state index is 9.61. The summed E-state index contributed by atoms with van der Waals surface area (Å²) in [7, 11) is 0. The summed E-state index contributed by atoms with van der Waals surface area (Å²) in [6, 6.07) is 7.12. The number of allylic oxidation sites excluding steroid dienone is 4. The zero-order valence-corrected chi connectivity index (χ0v) is 14.6. The van der Waals surface area contributed by atoms with Crippen LogP contribution in [0.3, 0.4) is 0 Å². The summed E-state index contributed by atoms with van der Waals surface area (Å²) in [4.78, 5) is 4.75. The Bertz CT molecular complexity index is 649. The molecule has 2 rings (SSSR count). The van der Waals surface area contributed by atoms with Gasteiger partial charge in [0.15, 0.2) is 0 Å². The molecule has 0 amide bonds. The van der Waals surface area contributed by atoms with Gasteiger partial charge in [0.1, 0.15) is 5.75 Å². The highest BCUT2D eigenvalue weighted by Gasteiger charge is 2.26. The Hall–Kier alpha value is -1.83. The minimum Gasteiger partial charge on any atom is -0.508 e. The van der Waals surface area contributed by atoms with E-state index in [1.165, 1.54) is 11.1 Å². The van der Waals surface area contributed by atoms with E-state index in [-0.39, 0.29) is 16.6 Å². The van der Waals surface area contributed by atoms with Crippen molar-refractivity contribution in [2.45, 2.75) is 48.0 Å². The number of phenols is 1. The van der Waals surface area contributed by atoms with Crippen molar-refractivity contribution in [1.82, 2.24) is 0 Å². The molecule has 0 saturated heterocycles. The molecule has 0 unspecified atom stereocenters. The Balaban J connectivity index is 2.45. The zero-order chi connectivity index (χ0) is 16.5. The topological polar surface area (TPSA) is 32.6 Å². The lowest BCUT2D eigenvalue weighted by Crippen LogP contribution is -2.20. The first-order chi connectivity index (χ1) is 10.1. The second-order valence-electron chi connectivity index (χ2n) is 8.07. The van der Waals surface area contributed by atoms with Crippen LogP contribution in [0, 0.1) is 10.8 Å². The fraction of sp³-hybridized carbons (Fsp3) is 0.450. The lowest BCUT2D eigenvalue weighted by Gasteiger charge is -2.31. The summed E-state index contributed by atoms with van der Waals surface area (Å²) < 4.78 is 0. The summed E-state index contributed by atoms with van der Waals surface area (Å²) in [6.07, 6.45) is 5.39. The summed E-state index contributed by atoms with van der Waals surface area (Å²) >= 11 is 0. The Morgan fingerprint density at radius 1 is 0.955 bits per heavy atom. The number of nitrogens with zero attached hydrogens (tertiary/aromatic N) is 1. The Kier molecular flexibility index (Phi) is 4.32. The first-order valence-corrected chi connectivity index (χ1v) is 7.85. The van der Waals surface area contributed by atoms with Gasteiger partial charge >= 0.3 is 0 Å². The highest BCUT2D eigenvalue weighted by atomic mass is 16.3. The lowest BCUT2D eigenvalue weighted by molar-refractivity contribution is 0.475. The van der Waals surface area contributed by atoms with Gasteiger partial charge in [0.2, 0.25) is 0 Å². The normalized spacial score (nSPS) is 18.2. The van der Waals surface area contributed by atoms with Crippen molar-refractivity contribution >= 4 is 11.4 Å². The molecule has 0 radical (unpaired) electrons. The summed E-state index contributed by atoms with van der Waals surface area (Å²) in [6.45, 7) is 13.4. The smallest absolute Gasteiger partial charge is 0.117 e. The van der Waals surface area contributed by atoms with Crippen molar-refractivity contribution in [3.05, 3.63) is 47.6 Å². The molecule has 0 atom stereocenters. The Morgan fingerprint density at radius 3 is 2.18 bits per heavy atom. The van der Waals surface area contributed by atoms with Gasteiger partial charge in [-0.15, -0.1) is 0 Å². The van der Waals surface area contributed by atoms with Crippen molar-refractivity contribution in [3.8, 4) is 5.75 Å². The average Bonchev–Trinajstić information content (AvgIpc) is 2.36. The van der Waals surface area contributed by atoms with Crippen LogP contribution in [0.1, 0.15) is 48.0 Å². The van der Waals surface area contributed by atoms with Gasteiger partial charge in [0.05, 0.1) is 5.69 Å². The van der Waals surface area contributed by atoms with Crippen LogP contribution in [0.2, 0.25) is 0 Å². The average molecular weight is 297 g/mol. The molecule has 1 aliphatic carbocycles. The predicted octanol–water partition coefficient (Wildman–Crippen LogP) is 5.81. The second kappa shape index (κ2) is 5.75. The highest BCUT2D eigenvalue weighted by Crippen LogP contribution is 2.38. The van der Waals surface area contributed by atoms with E-state index < -0.39 is 0 Å². The van der Waals surface area contributed by atoms with Crippen LogP contribution in [0.4, 0.5) is 5.69 Å². The molecule has 1 N–H and O–H groups in total. The molecule has 118 valence electrons. The molecule has 0 heterocycles. The molecule has 1 aromatic carbocycles. The van der Waals surface area contributed by atoms with Crippen molar-refractivity contribution < 1.29 is 5.11 Å². The SMILES string of the molecule is CC(C)(C)C1=CC(=Nc2cccc(O)c2)CC(C(C)(C)C)=C1. The molecule has 1 aromatic rings. The summed E-state index contributed by atoms with van der Waals surface area (Å²) in [5.41, 5.74) is 4.79. The fourth-order valence-electron chi connectivity index (χ4n) is 2.42. The fourth-order valence-corrected chi connectivity index (χ4v) is 2.42. The number of benzene rings is 1. The number of rotatable bonds is 1. The minimum absolute atomic E-state index is 0.0938. The molecule has 0 spiro atoms. The Morgan fingerprint density at radius 2 is 1.64 bits per heavy atom. The Labute approximate surface area is 134 Å².